The Kier molecular flexibility index (Phi) is 14.1. The van der Waals surface area contributed by atoms with Gasteiger partial charge in [-0.25, -0.2) is 9.59 Å². The highest BCUT2D eigenvalue weighted by molar-refractivity contribution is 6.11. The van der Waals surface area contributed by atoms with Crippen molar-refractivity contribution in [3.05, 3.63) is 111 Å². The molecular formula is C41H46N10O11. The summed E-state index contributed by atoms with van der Waals surface area (Å²) < 4.78 is 20.1. The van der Waals surface area contributed by atoms with Crippen LogP contribution in [0.4, 0.5) is 23.3 Å². The maximum atomic E-state index is 15.2. The van der Waals surface area contributed by atoms with Crippen molar-refractivity contribution in [3.8, 4) is 5.75 Å². The Labute approximate surface area is 353 Å². The fraction of sp³-hybridized carbons (Fsp3) is 0.341. The van der Waals surface area contributed by atoms with Crippen molar-refractivity contribution in [3.63, 3.8) is 0 Å². The molecule has 1 aliphatic rings. The normalized spacial score (nSPS) is 14.5. The topological polar surface area (TPSA) is 285 Å². The fourth-order valence-corrected chi connectivity index (χ4v) is 6.62. The number of H-pyrrole nitrogens is 2. The van der Waals surface area contributed by atoms with Crippen LogP contribution in [0.2, 0.25) is 0 Å². The van der Waals surface area contributed by atoms with Crippen LogP contribution in [0.3, 0.4) is 0 Å². The third kappa shape index (κ3) is 11.9. The van der Waals surface area contributed by atoms with Gasteiger partial charge in [0.05, 0.1) is 19.7 Å². The summed E-state index contributed by atoms with van der Waals surface area (Å²) in [6.07, 6.45) is -0.0882. The minimum absolute atomic E-state index is 0.0437. The van der Waals surface area contributed by atoms with Crippen molar-refractivity contribution in [2.75, 3.05) is 50.5 Å². The minimum Gasteiger partial charge on any atom is -0.497 e. The van der Waals surface area contributed by atoms with E-state index in [1.54, 1.807) is 62.1 Å². The lowest BCUT2D eigenvalue weighted by Crippen LogP contribution is -2.61. The number of amides is 2. The standard InChI is InChI=1S/C41H46N10O11/c1-41(2,3)60-36(56)32(51-19-17-42-18-20-51)31(30(52)22-43-34(54)24-7-11-26(12-8-24)44-37-47-39(57)61-49-37)33(53)29(21-23-5-15-28(59-4)16-6-23)46-35(55)25-9-13-27(14-10-25)45-38-48-40(58)62-50-38/h5-16,29,31-32,42H,17-22H2,1-4H3,(H,43,54)(H,46,55)(H2,44,47,49,57)(H2,45,48,50,58). The number of piperazine rings is 1. The average molecular weight is 855 g/mol. The lowest BCUT2D eigenvalue weighted by Gasteiger charge is -2.39. The highest BCUT2D eigenvalue weighted by Crippen LogP contribution is 2.24. The maximum Gasteiger partial charge on any atom is 0.440 e. The molecule has 3 atom stereocenters. The third-order valence-electron chi connectivity index (χ3n) is 9.53. The number of esters is 1. The summed E-state index contributed by atoms with van der Waals surface area (Å²) in [6, 6.07) is 16.0. The van der Waals surface area contributed by atoms with Gasteiger partial charge < -0.3 is 36.1 Å². The van der Waals surface area contributed by atoms with Crippen LogP contribution in [0.15, 0.2) is 91.4 Å². The maximum absolute atomic E-state index is 15.2. The molecule has 7 N–H and O–H groups in total. The van der Waals surface area contributed by atoms with Gasteiger partial charge in [0, 0.05) is 48.7 Å². The Balaban J connectivity index is 1.30. The Bertz CT molecular complexity index is 2460. The number of rotatable bonds is 18. The second kappa shape index (κ2) is 19.8. The number of carbonyl (C=O) groups excluding carboxylic acids is 5. The predicted octanol–water partition coefficient (Wildman–Crippen LogP) is 1.68. The number of hydrogen-bond donors (Lipinski definition) is 7. The lowest BCUT2D eigenvalue weighted by molar-refractivity contribution is -0.167. The van der Waals surface area contributed by atoms with E-state index in [9.17, 15) is 28.8 Å². The Morgan fingerprint density at radius 1 is 0.774 bits per heavy atom. The molecule has 326 valence electrons. The van der Waals surface area contributed by atoms with Crippen LogP contribution >= 0.6 is 0 Å². The van der Waals surface area contributed by atoms with Crippen molar-refractivity contribution < 1.29 is 42.5 Å². The first kappa shape index (κ1) is 44.2. The van der Waals surface area contributed by atoms with Gasteiger partial charge in [-0.15, -0.1) is 0 Å². The minimum atomic E-state index is -1.72. The highest BCUT2D eigenvalue weighted by atomic mass is 16.6. The summed E-state index contributed by atoms with van der Waals surface area (Å²) in [6.45, 7) is 5.82. The Morgan fingerprint density at radius 3 is 1.79 bits per heavy atom. The molecule has 0 radical (unpaired) electrons. The van der Waals surface area contributed by atoms with Gasteiger partial charge in [0.1, 0.15) is 23.3 Å². The number of ketones is 2. The second-order valence-corrected chi connectivity index (χ2v) is 15.2. The number of Topliss-reactive ketones (excluding diaryl/α,β-unsaturated/α-hetero) is 2. The monoisotopic (exact) mass is 854 g/mol. The molecule has 2 aromatic heterocycles. The largest absolute Gasteiger partial charge is 0.497 e. The van der Waals surface area contributed by atoms with Gasteiger partial charge in [-0.1, -0.05) is 12.1 Å². The number of benzene rings is 3. The molecule has 21 heteroatoms. The third-order valence-corrected chi connectivity index (χ3v) is 9.53. The van der Waals surface area contributed by atoms with E-state index >= 15 is 4.79 Å². The summed E-state index contributed by atoms with van der Waals surface area (Å²) in [5.74, 6) is -6.30. The number of carbonyl (C=O) groups is 5. The van der Waals surface area contributed by atoms with Crippen LogP contribution in [0.5, 0.6) is 5.75 Å². The van der Waals surface area contributed by atoms with E-state index in [1.807, 2.05) is 0 Å². The molecule has 6 rings (SSSR count). The molecule has 3 unspecified atom stereocenters. The van der Waals surface area contributed by atoms with E-state index in [-0.39, 0.29) is 42.5 Å². The van der Waals surface area contributed by atoms with Gasteiger partial charge in [-0.2, -0.15) is 0 Å². The highest BCUT2D eigenvalue weighted by Gasteiger charge is 2.47. The van der Waals surface area contributed by atoms with Crippen molar-refractivity contribution >= 4 is 52.6 Å². The van der Waals surface area contributed by atoms with Gasteiger partial charge in [0.15, 0.2) is 11.6 Å². The van der Waals surface area contributed by atoms with E-state index in [0.717, 1.165) is 0 Å². The molecule has 0 aliphatic carbocycles. The summed E-state index contributed by atoms with van der Waals surface area (Å²) in [5.41, 5.74) is 0.829. The number of hydrogen-bond acceptors (Lipinski definition) is 17. The fourth-order valence-electron chi connectivity index (χ4n) is 6.62. The van der Waals surface area contributed by atoms with Crippen LogP contribution < -0.4 is 42.8 Å². The smallest absolute Gasteiger partial charge is 0.440 e. The summed E-state index contributed by atoms with van der Waals surface area (Å²) in [4.78, 5) is 100. The molecule has 3 aromatic carbocycles. The van der Waals surface area contributed by atoms with Crippen molar-refractivity contribution in [1.82, 2.24) is 41.1 Å². The van der Waals surface area contributed by atoms with Gasteiger partial charge in [0.25, 0.3) is 11.8 Å². The van der Waals surface area contributed by atoms with Crippen molar-refractivity contribution in [1.29, 1.82) is 0 Å². The van der Waals surface area contributed by atoms with E-state index in [4.69, 9.17) is 9.47 Å². The van der Waals surface area contributed by atoms with Crippen molar-refractivity contribution in [2.24, 2.45) is 5.92 Å². The van der Waals surface area contributed by atoms with Crippen LogP contribution in [0.1, 0.15) is 47.1 Å². The number of ether oxygens (including phenoxy) is 2. The molecule has 62 heavy (non-hydrogen) atoms. The zero-order valence-corrected chi connectivity index (χ0v) is 34.2. The van der Waals surface area contributed by atoms with Crippen molar-refractivity contribution in [2.45, 2.75) is 44.9 Å². The molecule has 0 bridgehead atoms. The zero-order chi connectivity index (χ0) is 44.4. The summed E-state index contributed by atoms with van der Waals surface area (Å²) in [5, 5.41) is 21.4. The van der Waals surface area contributed by atoms with Gasteiger partial charge in [-0.3, -0.25) is 47.9 Å². The SMILES string of the molecule is COc1ccc(CC(NC(=O)c2ccc(Nc3noc(=O)[nH]3)cc2)C(=O)C(C(=O)CNC(=O)c2ccc(Nc3noc(=O)[nH]3)cc2)C(C(=O)OC(C)(C)C)N2CCNCC2)cc1. The molecule has 5 aromatic rings. The average Bonchev–Trinajstić information content (AvgIpc) is 3.87. The Hall–Kier alpha value is -7.39. The van der Waals surface area contributed by atoms with Crippen LogP contribution in [0.25, 0.3) is 0 Å². The molecule has 0 spiro atoms. The number of aromatic amines is 2. The first-order valence-electron chi connectivity index (χ1n) is 19.5. The van der Waals surface area contributed by atoms with E-state index in [2.05, 4.69) is 55.9 Å². The van der Waals surface area contributed by atoms with E-state index in [1.165, 1.54) is 43.5 Å². The summed E-state index contributed by atoms with van der Waals surface area (Å²) >= 11 is 0. The predicted molar refractivity (Wildman–Crippen MR) is 222 cm³/mol. The quantitative estimate of drug-likeness (QED) is 0.0487. The molecule has 21 nitrogen and oxygen atoms in total. The summed E-state index contributed by atoms with van der Waals surface area (Å²) in [7, 11) is 1.51. The van der Waals surface area contributed by atoms with Gasteiger partial charge in [0.2, 0.25) is 11.9 Å². The zero-order valence-electron chi connectivity index (χ0n) is 34.2. The van der Waals surface area contributed by atoms with E-state index < -0.39 is 71.0 Å². The Morgan fingerprint density at radius 2 is 1.31 bits per heavy atom. The lowest BCUT2D eigenvalue weighted by atomic mass is 9.83. The number of nitrogens with zero attached hydrogens (tertiary/aromatic N) is 3. The number of methoxy groups -OCH3 is 1. The molecule has 1 saturated heterocycles. The number of nitrogens with one attached hydrogen (secondary N) is 7. The first-order valence-corrected chi connectivity index (χ1v) is 19.5. The second-order valence-electron chi connectivity index (χ2n) is 15.2. The molecule has 0 saturated carbocycles. The number of anilines is 4. The van der Waals surface area contributed by atoms with Gasteiger partial charge >= 0.3 is 17.5 Å². The molecule has 1 fully saturated rings. The van der Waals surface area contributed by atoms with Crippen LogP contribution in [-0.2, 0) is 25.5 Å². The van der Waals surface area contributed by atoms with Crippen LogP contribution in [0, 0.1) is 5.92 Å². The van der Waals surface area contributed by atoms with Gasteiger partial charge in [-0.05, 0) is 104 Å². The molecule has 3 heterocycles. The van der Waals surface area contributed by atoms with Crippen LogP contribution in [-0.4, -0.2) is 112 Å². The molecule has 2 amide bonds. The number of aromatic nitrogens is 4. The molecular weight excluding hydrogens is 809 g/mol. The first-order chi connectivity index (χ1) is 29.6. The molecule has 1 aliphatic heterocycles. The van der Waals surface area contributed by atoms with E-state index in [0.29, 0.717) is 35.8 Å².